The van der Waals surface area contributed by atoms with Gasteiger partial charge in [0.05, 0.1) is 12.7 Å². The lowest BCUT2D eigenvalue weighted by Gasteiger charge is -2.37. The van der Waals surface area contributed by atoms with E-state index >= 15 is 0 Å². The van der Waals surface area contributed by atoms with Gasteiger partial charge >= 0.3 is 0 Å². The molecular weight excluding hydrogens is 316 g/mol. The van der Waals surface area contributed by atoms with E-state index in [1.807, 2.05) is 7.05 Å². The molecule has 138 valence electrons. The molecule has 2 heterocycles. The summed E-state index contributed by atoms with van der Waals surface area (Å²) in [5, 5.41) is 3.48. The third-order valence-electron chi connectivity index (χ3n) is 4.89. The van der Waals surface area contributed by atoms with Crippen molar-refractivity contribution in [1.82, 2.24) is 10.2 Å². The summed E-state index contributed by atoms with van der Waals surface area (Å²) in [4.78, 5) is 8.85. The lowest BCUT2D eigenvalue weighted by Crippen LogP contribution is -2.53. The second kappa shape index (κ2) is 8.54. The Kier molecular flexibility index (Phi) is 6.15. The zero-order chi connectivity index (χ0) is 17.6. The first-order chi connectivity index (χ1) is 12.2. The molecule has 2 saturated heterocycles. The predicted octanol–water partition coefficient (Wildman–Crippen LogP) is 1.71. The summed E-state index contributed by atoms with van der Waals surface area (Å²) in [6, 6.07) is 8.60. The fourth-order valence-electron chi connectivity index (χ4n) is 3.41. The average Bonchev–Trinajstić information content (AvgIpc) is 3.18. The summed E-state index contributed by atoms with van der Waals surface area (Å²) < 4.78 is 11.7. The first kappa shape index (κ1) is 18.0. The third-order valence-corrected chi connectivity index (χ3v) is 4.89. The van der Waals surface area contributed by atoms with Crippen LogP contribution >= 0.6 is 0 Å². The number of rotatable bonds is 4. The molecule has 2 unspecified atom stereocenters. The van der Waals surface area contributed by atoms with Crippen molar-refractivity contribution < 1.29 is 9.47 Å². The van der Waals surface area contributed by atoms with Gasteiger partial charge in [0.2, 0.25) is 0 Å². The van der Waals surface area contributed by atoms with Gasteiger partial charge in [-0.25, -0.2) is 0 Å². The van der Waals surface area contributed by atoms with Gasteiger partial charge in [-0.3, -0.25) is 4.99 Å². The first-order valence-corrected chi connectivity index (χ1v) is 9.12. The maximum atomic E-state index is 5.93. The molecule has 0 radical (unpaired) electrons. The predicted molar refractivity (Wildman–Crippen MR) is 101 cm³/mol. The molecule has 1 aromatic carbocycles. The smallest absolute Gasteiger partial charge is 0.194 e. The molecule has 0 saturated carbocycles. The van der Waals surface area contributed by atoms with Crippen molar-refractivity contribution in [3.8, 4) is 0 Å². The standard InChI is InChI=1S/C19H30N4O2/c1-20-19(21-13-15-6-8-16(9-7-15)22(2)3)23-10-12-25-18(14-23)17-5-4-11-24-17/h6-9,17-18H,4-5,10-14H2,1-3H3,(H,20,21). The van der Waals surface area contributed by atoms with Gasteiger partial charge in [0.15, 0.2) is 5.96 Å². The van der Waals surface area contributed by atoms with Gasteiger partial charge in [-0.05, 0) is 30.5 Å². The summed E-state index contributed by atoms with van der Waals surface area (Å²) in [7, 11) is 5.95. The average molecular weight is 346 g/mol. The molecule has 1 N–H and O–H groups in total. The molecule has 2 aliphatic rings. The molecule has 2 aliphatic heterocycles. The van der Waals surface area contributed by atoms with Crippen molar-refractivity contribution in [1.29, 1.82) is 0 Å². The molecule has 0 amide bonds. The maximum Gasteiger partial charge on any atom is 0.194 e. The van der Waals surface area contributed by atoms with Crippen molar-refractivity contribution in [2.24, 2.45) is 4.99 Å². The van der Waals surface area contributed by atoms with Crippen LogP contribution in [0, 0.1) is 0 Å². The summed E-state index contributed by atoms with van der Waals surface area (Å²) in [6.45, 7) is 4.05. The molecule has 2 fully saturated rings. The Balaban J connectivity index is 1.54. The monoisotopic (exact) mass is 346 g/mol. The second-order valence-corrected chi connectivity index (χ2v) is 6.87. The molecule has 0 bridgehead atoms. The van der Waals surface area contributed by atoms with E-state index in [1.165, 1.54) is 11.3 Å². The van der Waals surface area contributed by atoms with Crippen LogP contribution in [0.15, 0.2) is 29.3 Å². The van der Waals surface area contributed by atoms with Gasteiger partial charge in [0, 0.05) is 53.1 Å². The van der Waals surface area contributed by atoms with Crippen LogP contribution in [0.1, 0.15) is 18.4 Å². The highest BCUT2D eigenvalue weighted by atomic mass is 16.5. The Morgan fingerprint density at radius 3 is 2.60 bits per heavy atom. The number of hydrogen-bond acceptors (Lipinski definition) is 4. The van der Waals surface area contributed by atoms with E-state index in [9.17, 15) is 0 Å². The summed E-state index contributed by atoms with van der Waals surface area (Å²) >= 11 is 0. The van der Waals surface area contributed by atoms with E-state index in [1.54, 1.807) is 0 Å². The van der Waals surface area contributed by atoms with Gasteiger partial charge in [-0.1, -0.05) is 12.1 Å². The number of nitrogens with one attached hydrogen (secondary N) is 1. The number of morpholine rings is 1. The number of hydrogen-bond donors (Lipinski definition) is 1. The number of nitrogens with zero attached hydrogens (tertiary/aromatic N) is 3. The van der Waals surface area contributed by atoms with Gasteiger partial charge in [-0.15, -0.1) is 0 Å². The zero-order valence-corrected chi connectivity index (χ0v) is 15.6. The minimum atomic E-state index is 0.147. The van der Waals surface area contributed by atoms with Crippen LogP contribution < -0.4 is 10.2 Å². The molecule has 0 aliphatic carbocycles. The lowest BCUT2D eigenvalue weighted by atomic mass is 10.1. The molecule has 3 rings (SSSR count). The van der Waals surface area contributed by atoms with Crippen LogP contribution in [0.2, 0.25) is 0 Å². The SMILES string of the molecule is CN=C(NCc1ccc(N(C)C)cc1)N1CCOC(C2CCCO2)C1. The molecule has 25 heavy (non-hydrogen) atoms. The van der Waals surface area contributed by atoms with Gasteiger partial charge in [-0.2, -0.15) is 0 Å². The van der Waals surface area contributed by atoms with Crippen molar-refractivity contribution in [3.63, 3.8) is 0 Å². The van der Waals surface area contributed by atoms with E-state index in [0.717, 1.165) is 51.6 Å². The fraction of sp³-hybridized carbons (Fsp3) is 0.632. The topological polar surface area (TPSA) is 49.3 Å². The van der Waals surface area contributed by atoms with E-state index in [-0.39, 0.29) is 12.2 Å². The highest BCUT2D eigenvalue weighted by Gasteiger charge is 2.32. The van der Waals surface area contributed by atoms with Gasteiger partial charge in [0.1, 0.15) is 6.10 Å². The first-order valence-electron chi connectivity index (χ1n) is 9.12. The largest absolute Gasteiger partial charge is 0.378 e. The van der Waals surface area contributed by atoms with E-state index in [4.69, 9.17) is 9.47 Å². The quantitative estimate of drug-likeness (QED) is 0.664. The molecule has 1 aromatic rings. The van der Waals surface area contributed by atoms with Crippen molar-refractivity contribution in [2.75, 3.05) is 52.3 Å². The third kappa shape index (κ3) is 4.64. The number of aliphatic imine (C=N–C) groups is 1. The number of anilines is 1. The van der Waals surface area contributed by atoms with Crippen LogP contribution in [0.5, 0.6) is 0 Å². The van der Waals surface area contributed by atoms with Crippen molar-refractivity contribution >= 4 is 11.6 Å². The Morgan fingerprint density at radius 1 is 1.20 bits per heavy atom. The Labute approximate surface area is 150 Å². The van der Waals surface area contributed by atoms with Crippen LogP contribution in [0.4, 0.5) is 5.69 Å². The van der Waals surface area contributed by atoms with Gasteiger partial charge in [0.25, 0.3) is 0 Å². The number of benzene rings is 1. The highest BCUT2D eigenvalue weighted by Crippen LogP contribution is 2.21. The van der Waals surface area contributed by atoms with E-state index in [2.05, 4.69) is 58.5 Å². The normalized spacial score (nSPS) is 24.4. The fourth-order valence-corrected chi connectivity index (χ4v) is 3.41. The zero-order valence-electron chi connectivity index (χ0n) is 15.6. The molecule has 2 atom stereocenters. The minimum Gasteiger partial charge on any atom is -0.378 e. The van der Waals surface area contributed by atoms with Gasteiger partial charge < -0.3 is 24.6 Å². The van der Waals surface area contributed by atoms with Crippen molar-refractivity contribution in [2.45, 2.75) is 31.6 Å². The molecule has 0 aromatic heterocycles. The summed E-state index contributed by atoms with van der Waals surface area (Å²) in [5.41, 5.74) is 2.46. The highest BCUT2D eigenvalue weighted by molar-refractivity contribution is 5.80. The van der Waals surface area contributed by atoms with Crippen LogP contribution in [-0.2, 0) is 16.0 Å². The van der Waals surface area contributed by atoms with Crippen LogP contribution in [0.3, 0.4) is 0 Å². The number of ether oxygens (including phenoxy) is 2. The number of guanidine groups is 1. The lowest BCUT2D eigenvalue weighted by molar-refractivity contribution is -0.0817. The Bertz CT molecular complexity index is 567. The molecule has 6 nitrogen and oxygen atoms in total. The van der Waals surface area contributed by atoms with E-state index in [0.29, 0.717) is 0 Å². The molecule has 6 heteroatoms. The minimum absolute atomic E-state index is 0.147. The van der Waals surface area contributed by atoms with Crippen LogP contribution in [-0.4, -0.2) is 70.5 Å². The second-order valence-electron chi connectivity index (χ2n) is 6.87. The van der Waals surface area contributed by atoms with Crippen molar-refractivity contribution in [3.05, 3.63) is 29.8 Å². The molecule has 0 spiro atoms. The summed E-state index contributed by atoms with van der Waals surface area (Å²) in [5.74, 6) is 0.933. The molecular formula is C19H30N4O2. The maximum absolute atomic E-state index is 5.93. The summed E-state index contributed by atoms with van der Waals surface area (Å²) in [6.07, 6.45) is 2.62. The van der Waals surface area contributed by atoms with Crippen LogP contribution in [0.25, 0.3) is 0 Å². The Hall–Kier alpha value is -1.79. The Morgan fingerprint density at radius 2 is 1.96 bits per heavy atom. The van der Waals surface area contributed by atoms with E-state index < -0.39 is 0 Å².